The van der Waals surface area contributed by atoms with Crippen LogP contribution in [0.2, 0.25) is 0 Å². The van der Waals surface area contributed by atoms with Crippen molar-refractivity contribution >= 4 is 11.8 Å². The van der Waals surface area contributed by atoms with Crippen LogP contribution >= 0.6 is 11.8 Å². The first-order valence-corrected chi connectivity index (χ1v) is 8.59. The summed E-state index contributed by atoms with van der Waals surface area (Å²) in [6, 6.07) is 0.498. The van der Waals surface area contributed by atoms with Crippen molar-refractivity contribution in [1.82, 2.24) is 5.32 Å². The fraction of sp³-hybridized carbons (Fsp3) is 1.00. The molecule has 1 saturated carbocycles. The molecule has 0 aliphatic heterocycles. The first-order chi connectivity index (χ1) is 8.83. The van der Waals surface area contributed by atoms with Gasteiger partial charge in [0.1, 0.15) is 0 Å². The second kappa shape index (κ2) is 10.1. The Kier molecular flexibility index (Phi) is 9.11. The molecule has 0 radical (unpaired) electrons. The lowest BCUT2D eigenvalue weighted by Crippen LogP contribution is -2.59. The van der Waals surface area contributed by atoms with Crippen LogP contribution in [0.3, 0.4) is 0 Å². The molecule has 1 rings (SSSR count). The molecule has 0 heterocycles. The normalized spacial score (nSPS) is 27.2. The summed E-state index contributed by atoms with van der Waals surface area (Å²) in [6.07, 6.45) is 9.17. The third-order valence-corrected chi connectivity index (χ3v) is 4.28. The van der Waals surface area contributed by atoms with E-state index in [0.717, 1.165) is 19.6 Å². The van der Waals surface area contributed by atoms with Crippen LogP contribution in [0.15, 0.2) is 0 Å². The van der Waals surface area contributed by atoms with E-state index in [9.17, 15) is 0 Å². The van der Waals surface area contributed by atoms with Gasteiger partial charge in [0, 0.05) is 19.8 Å². The number of unbranched alkanes of at least 4 members (excludes halogenated alkanes) is 3. The van der Waals surface area contributed by atoms with E-state index < -0.39 is 0 Å². The predicted molar refractivity (Wildman–Crippen MR) is 79.5 cm³/mol. The Bertz CT molecular complexity index is 204. The summed E-state index contributed by atoms with van der Waals surface area (Å²) in [6.45, 7) is 3.94. The van der Waals surface area contributed by atoms with Crippen LogP contribution in [0, 0.1) is 0 Å². The van der Waals surface area contributed by atoms with E-state index >= 15 is 0 Å². The Labute approximate surface area is 116 Å². The molecular weight excluding hydrogens is 246 g/mol. The summed E-state index contributed by atoms with van der Waals surface area (Å²) < 4.78 is 11.1. The first-order valence-electron chi connectivity index (χ1n) is 7.20. The molecule has 0 bridgehead atoms. The summed E-state index contributed by atoms with van der Waals surface area (Å²) in [4.78, 5) is 0. The summed E-state index contributed by atoms with van der Waals surface area (Å²) in [5.41, 5.74) is 0. The zero-order chi connectivity index (χ0) is 13.2. The predicted octanol–water partition coefficient (Wildman–Crippen LogP) is 2.69. The Morgan fingerprint density at radius 2 is 2.00 bits per heavy atom. The van der Waals surface area contributed by atoms with Crippen molar-refractivity contribution in [1.29, 1.82) is 0 Å². The summed E-state index contributed by atoms with van der Waals surface area (Å²) in [7, 11) is 1.78. The van der Waals surface area contributed by atoms with Crippen molar-refractivity contribution in [3.63, 3.8) is 0 Å². The number of hydrogen-bond acceptors (Lipinski definition) is 4. The zero-order valence-electron chi connectivity index (χ0n) is 12.1. The second-order valence-corrected chi connectivity index (χ2v) is 5.88. The van der Waals surface area contributed by atoms with Crippen molar-refractivity contribution in [3.8, 4) is 0 Å². The van der Waals surface area contributed by atoms with E-state index in [1.54, 1.807) is 7.11 Å². The van der Waals surface area contributed by atoms with Crippen LogP contribution in [0.25, 0.3) is 0 Å². The molecular formula is C14H29NO2S. The highest BCUT2D eigenvalue weighted by Gasteiger charge is 2.41. The maximum Gasteiger partial charge on any atom is 0.0986 e. The van der Waals surface area contributed by atoms with Crippen LogP contribution in [-0.2, 0) is 9.47 Å². The Balaban J connectivity index is 1.96. The Morgan fingerprint density at radius 3 is 2.67 bits per heavy atom. The number of ether oxygens (including phenoxy) is 2. The van der Waals surface area contributed by atoms with Gasteiger partial charge < -0.3 is 14.8 Å². The maximum absolute atomic E-state index is 5.62. The Morgan fingerprint density at radius 1 is 1.22 bits per heavy atom. The third kappa shape index (κ3) is 5.47. The molecule has 0 spiro atoms. The minimum Gasteiger partial charge on any atom is -0.377 e. The number of methoxy groups -OCH3 is 1. The van der Waals surface area contributed by atoms with Crippen molar-refractivity contribution in [3.05, 3.63) is 0 Å². The van der Waals surface area contributed by atoms with Crippen molar-refractivity contribution < 1.29 is 9.47 Å². The van der Waals surface area contributed by atoms with Crippen molar-refractivity contribution in [2.45, 2.75) is 57.3 Å². The first kappa shape index (κ1) is 16.3. The molecule has 3 unspecified atom stereocenters. The molecule has 3 nitrogen and oxygen atoms in total. The summed E-state index contributed by atoms with van der Waals surface area (Å²) >= 11 is 1.95. The second-order valence-electron chi connectivity index (χ2n) is 4.90. The Hall–Kier alpha value is 0.230. The highest BCUT2D eigenvalue weighted by Crippen LogP contribution is 2.26. The number of rotatable bonds is 11. The average Bonchev–Trinajstić information content (AvgIpc) is 2.35. The molecule has 1 aliphatic rings. The van der Waals surface area contributed by atoms with E-state index in [1.807, 2.05) is 18.7 Å². The zero-order valence-corrected chi connectivity index (χ0v) is 12.9. The highest BCUT2D eigenvalue weighted by molar-refractivity contribution is 7.98. The lowest BCUT2D eigenvalue weighted by Gasteiger charge is -2.43. The van der Waals surface area contributed by atoms with Gasteiger partial charge in [0.05, 0.1) is 12.2 Å². The van der Waals surface area contributed by atoms with Gasteiger partial charge in [-0.25, -0.2) is 0 Å². The molecule has 18 heavy (non-hydrogen) atoms. The van der Waals surface area contributed by atoms with E-state index in [-0.39, 0.29) is 6.10 Å². The lowest BCUT2D eigenvalue weighted by atomic mass is 9.85. The van der Waals surface area contributed by atoms with Crippen LogP contribution in [0.4, 0.5) is 0 Å². The molecule has 0 aromatic rings. The van der Waals surface area contributed by atoms with Gasteiger partial charge in [0.2, 0.25) is 0 Å². The molecule has 0 aromatic heterocycles. The maximum atomic E-state index is 5.62. The topological polar surface area (TPSA) is 30.5 Å². The highest BCUT2D eigenvalue weighted by atomic mass is 32.2. The fourth-order valence-electron chi connectivity index (χ4n) is 2.49. The van der Waals surface area contributed by atoms with Crippen LogP contribution in [-0.4, -0.2) is 50.5 Å². The molecule has 1 aliphatic carbocycles. The molecule has 0 amide bonds. The third-order valence-electron chi connectivity index (χ3n) is 3.58. The molecule has 0 saturated heterocycles. The van der Waals surface area contributed by atoms with Gasteiger partial charge in [-0.2, -0.15) is 11.8 Å². The molecule has 4 heteroatoms. The van der Waals surface area contributed by atoms with E-state index in [0.29, 0.717) is 12.1 Å². The average molecular weight is 275 g/mol. The minimum atomic E-state index is 0.251. The SMILES string of the molecule is CCOC1CC(NCCCCCCSC)C1OC. The smallest absolute Gasteiger partial charge is 0.0986 e. The standard InChI is InChI=1S/C14H29NO2S/c1-4-17-13-11-12(14(13)16-2)15-9-7-5-6-8-10-18-3/h12-15H,4-11H2,1-3H3. The van der Waals surface area contributed by atoms with Gasteiger partial charge in [0.15, 0.2) is 0 Å². The van der Waals surface area contributed by atoms with Crippen LogP contribution in [0.1, 0.15) is 39.0 Å². The quantitative estimate of drug-likeness (QED) is 0.587. The molecule has 1 fully saturated rings. The minimum absolute atomic E-state index is 0.251. The fourth-order valence-corrected chi connectivity index (χ4v) is 2.98. The number of hydrogen-bond donors (Lipinski definition) is 1. The monoisotopic (exact) mass is 275 g/mol. The number of thioether (sulfide) groups is 1. The van der Waals surface area contributed by atoms with Crippen molar-refractivity contribution in [2.75, 3.05) is 32.3 Å². The van der Waals surface area contributed by atoms with Gasteiger partial charge in [-0.05, 0) is 44.7 Å². The van der Waals surface area contributed by atoms with E-state index in [1.165, 1.54) is 31.4 Å². The summed E-state index contributed by atoms with van der Waals surface area (Å²) in [5, 5.41) is 3.59. The van der Waals surface area contributed by atoms with Gasteiger partial charge in [-0.15, -0.1) is 0 Å². The molecule has 0 aromatic carbocycles. The molecule has 3 atom stereocenters. The van der Waals surface area contributed by atoms with E-state index in [2.05, 4.69) is 11.6 Å². The largest absolute Gasteiger partial charge is 0.377 e. The van der Waals surface area contributed by atoms with Crippen molar-refractivity contribution in [2.24, 2.45) is 0 Å². The van der Waals surface area contributed by atoms with Gasteiger partial charge in [0.25, 0.3) is 0 Å². The van der Waals surface area contributed by atoms with Crippen LogP contribution < -0.4 is 5.32 Å². The van der Waals surface area contributed by atoms with Gasteiger partial charge in [-0.3, -0.25) is 0 Å². The molecule has 1 N–H and O–H groups in total. The number of nitrogens with one attached hydrogen (secondary N) is 1. The van der Waals surface area contributed by atoms with Crippen LogP contribution in [0.5, 0.6) is 0 Å². The van der Waals surface area contributed by atoms with E-state index in [4.69, 9.17) is 9.47 Å². The summed E-state index contributed by atoms with van der Waals surface area (Å²) in [5.74, 6) is 1.30. The lowest BCUT2D eigenvalue weighted by molar-refractivity contribution is -0.131. The van der Waals surface area contributed by atoms with Gasteiger partial charge in [-0.1, -0.05) is 12.8 Å². The van der Waals surface area contributed by atoms with Gasteiger partial charge >= 0.3 is 0 Å². The molecule has 108 valence electrons.